The maximum absolute atomic E-state index is 11.7. The summed E-state index contributed by atoms with van der Waals surface area (Å²) in [6.07, 6.45) is 0.874. The van der Waals surface area contributed by atoms with E-state index in [0.29, 0.717) is 12.2 Å². The molecular formula is C13H19N3O3. The minimum atomic E-state index is -1.07. The SMILES string of the molecule is CCCNC(=O)C(C)Nc1ccc(C(=O)O)c(N)c1. The van der Waals surface area contributed by atoms with E-state index >= 15 is 0 Å². The van der Waals surface area contributed by atoms with Crippen LogP contribution in [0, 0.1) is 0 Å². The molecule has 1 aromatic carbocycles. The average molecular weight is 265 g/mol. The highest BCUT2D eigenvalue weighted by atomic mass is 16.4. The van der Waals surface area contributed by atoms with Crippen molar-refractivity contribution < 1.29 is 14.7 Å². The monoisotopic (exact) mass is 265 g/mol. The van der Waals surface area contributed by atoms with Crippen molar-refractivity contribution in [3.05, 3.63) is 23.8 Å². The van der Waals surface area contributed by atoms with Crippen LogP contribution < -0.4 is 16.4 Å². The number of carboxylic acid groups (broad SMARTS) is 1. The van der Waals surface area contributed by atoms with Crippen molar-refractivity contribution in [2.45, 2.75) is 26.3 Å². The second-order valence-electron chi connectivity index (χ2n) is 4.26. The maximum atomic E-state index is 11.7. The van der Waals surface area contributed by atoms with Crippen LogP contribution in [0.2, 0.25) is 0 Å². The van der Waals surface area contributed by atoms with Gasteiger partial charge in [-0.25, -0.2) is 4.79 Å². The third kappa shape index (κ3) is 4.17. The number of amides is 1. The Bertz CT molecular complexity index is 474. The summed E-state index contributed by atoms with van der Waals surface area (Å²) in [5.41, 5.74) is 6.46. The summed E-state index contributed by atoms with van der Waals surface area (Å²) in [6, 6.07) is 4.09. The molecule has 0 aliphatic heterocycles. The summed E-state index contributed by atoms with van der Waals surface area (Å²) in [4.78, 5) is 22.5. The van der Waals surface area contributed by atoms with Crippen molar-refractivity contribution in [2.75, 3.05) is 17.6 Å². The van der Waals surface area contributed by atoms with Crippen molar-refractivity contribution >= 4 is 23.3 Å². The highest BCUT2D eigenvalue weighted by Gasteiger charge is 2.13. The van der Waals surface area contributed by atoms with Gasteiger partial charge in [-0.2, -0.15) is 0 Å². The lowest BCUT2D eigenvalue weighted by molar-refractivity contribution is -0.121. The van der Waals surface area contributed by atoms with Crippen molar-refractivity contribution in [1.82, 2.24) is 5.32 Å². The molecule has 0 aliphatic carbocycles. The highest BCUT2D eigenvalue weighted by molar-refractivity contribution is 5.94. The first-order chi connectivity index (χ1) is 8.95. The Hall–Kier alpha value is -2.24. The Morgan fingerprint density at radius 1 is 1.42 bits per heavy atom. The topological polar surface area (TPSA) is 104 Å². The van der Waals surface area contributed by atoms with Gasteiger partial charge in [-0.1, -0.05) is 6.92 Å². The summed E-state index contributed by atoms with van der Waals surface area (Å²) in [6.45, 7) is 4.33. The van der Waals surface area contributed by atoms with Gasteiger partial charge < -0.3 is 21.5 Å². The summed E-state index contributed by atoms with van der Waals surface area (Å²) in [5.74, 6) is -1.18. The van der Waals surface area contributed by atoms with Gasteiger partial charge in [0.1, 0.15) is 6.04 Å². The van der Waals surface area contributed by atoms with E-state index in [0.717, 1.165) is 6.42 Å². The predicted octanol–water partition coefficient (Wildman–Crippen LogP) is 1.29. The molecule has 1 atom stereocenters. The molecule has 1 amide bonds. The molecule has 0 aromatic heterocycles. The van der Waals surface area contributed by atoms with Crippen molar-refractivity contribution in [2.24, 2.45) is 0 Å². The Labute approximate surface area is 112 Å². The molecule has 1 aromatic rings. The Morgan fingerprint density at radius 3 is 2.63 bits per heavy atom. The third-order valence-electron chi connectivity index (χ3n) is 2.61. The molecule has 0 bridgehead atoms. The minimum absolute atomic E-state index is 0.0497. The number of carbonyl (C=O) groups is 2. The van der Waals surface area contributed by atoms with Crippen LogP contribution in [0.3, 0.4) is 0 Å². The van der Waals surface area contributed by atoms with Gasteiger partial charge in [0.2, 0.25) is 5.91 Å². The lowest BCUT2D eigenvalue weighted by atomic mass is 10.1. The second kappa shape index (κ2) is 6.63. The molecule has 0 fully saturated rings. The highest BCUT2D eigenvalue weighted by Crippen LogP contribution is 2.18. The minimum Gasteiger partial charge on any atom is -0.478 e. The molecule has 6 heteroatoms. The first-order valence-electron chi connectivity index (χ1n) is 6.12. The van der Waals surface area contributed by atoms with Crippen LogP contribution in [0.1, 0.15) is 30.6 Å². The van der Waals surface area contributed by atoms with Crippen molar-refractivity contribution in [3.8, 4) is 0 Å². The number of anilines is 2. The molecule has 0 aliphatic rings. The Kier molecular flexibility index (Phi) is 5.17. The number of carbonyl (C=O) groups excluding carboxylic acids is 1. The van der Waals surface area contributed by atoms with Crippen LogP contribution >= 0.6 is 0 Å². The molecule has 104 valence electrons. The first-order valence-corrected chi connectivity index (χ1v) is 6.12. The summed E-state index contributed by atoms with van der Waals surface area (Å²) in [5, 5.41) is 14.6. The third-order valence-corrected chi connectivity index (χ3v) is 2.61. The number of nitrogen functional groups attached to an aromatic ring is 1. The second-order valence-corrected chi connectivity index (χ2v) is 4.26. The number of nitrogens with two attached hydrogens (primary N) is 1. The van der Waals surface area contributed by atoms with E-state index < -0.39 is 12.0 Å². The van der Waals surface area contributed by atoms with Crippen LogP contribution in [0.15, 0.2) is 18.2 Å². The van der Waals surface area contributed by atoms with Gasteiger partial charge in [-0.05, 0) is 31.5 Å². The molecule has 0 spiro atoms. The number of hydrogen-bond acceptors (Lipinski definition) is 4. The maximum Gasteiger partial charge on any atom is 0.337 e. The van der Waals surface area contributed by atoms with Crippen LogP contribution in [0.4, 0.5) is 11.4 Å². The van der Waals surface area contributed by atoms with E-state index in [2.05, 4.69) is 10.6 Å². The van der Waals surface area contributed by atoms with Crippen LogP contribution in [-0.2, 0) is 4.79 Å². The number of nitrogens with one attached hydrogen (secondary N) is 2. The Morgan fingerprint density at radius 2 is 2.11 bits per heavy atom. The zero-order valence-electron chi connectivity index (χ0n) is 11.1. The molecular weight excluding hydrogens is 246 g/mol. The van der Waals surface area contributed by atoms with E-state index in [4.69, 9.17) is 10.8 Å². The van der Waals surface area contributed by atoms with Crippen LogP contribution in [-0.4, -0.2) is 29.6 Å². The molecule has 6 nitrogen and oxygen atoms in total. The van der Waals surface area contributed by atoms with Gasteiger partial charge in [0.15, 0.2) is 0 Å². The van der Waals surface area contributed by atoms with Gasteiger partial charge >= 0.3 is 5.97 Å². The zero-order valence-corrected chi connectivity index (χ0v) is 11.1. The molecule has 0 heterocycles. The van der Waals surface area contributed by atoms with Gasteiger partial charge in [0.05, 0.1) is 5.56 Å². The summed E-state index contributed by atoms with van der Waals surface area (Å²) >= 11 is 0. The fraction of sp³-hybridized carbons (Fsp3) is 0.385. The van der Waals surface area contributed by atoms with Gasteiger partial charge in [-0.3, -0.25) is 4.79 Å². The van der Waals surface area contributed by atoms with Crippen LogP contribution in [0.5, 0.6) is 0 Å². The van der Waals surface area contributed by atoms with Gasteiger partial charge in [0, 0.05) is 17.9 Å². The molecule has 0 saturated carbocycles. The molecule has 5 N–H and O–H groups in total. The number of carboxylic acids is 1. The molecule has 19 heavy (non-hydrogen) atoms. The molecule has 0 saturated heterocycles. The zero-order chi connectivity index (χ0) is 14.4. The lowest BCUT2D eigenvalue weighted by Crippen LogP contribution is -2.37. The number of hydrogen-bond donors (Lipinski definition) is 4. The predicted molar refractivity (Wildman–Crippen MR) is 74.2 cm³/mol. The van der Waals surface area contributed by atoms with Crippen LogP contribution in [0.25, 0.3) is 0 Å². The fourth-order valence-electron chi connectivity index (χ4n) is 1.56. The number of aromatic carboxylic acids is 1. The fourth-order valence-corrected chi connectivity index (χ4v) is 1.56. The number of rotatable bonds is 6. The van der Waals surface area contributed by atoms with E-state index in [1.807, 2.05) is 6.92 Å². The van der Waals surface area contributed by atoms with Gasteiger partial charge in [0.25, 0.3) is 0 Å². The normalized spacial score (nSPS) is 11.7. The standard InChI is InChI=1S/C13H19N3O3/c1-3-6-15-12(17)8(2)16-9-4-5-10(13(18)19)11(14)7-9/h4-5,7-8,16H,3,6,14H2,1-2H3,(H,15,17)(H,18,19). The quantitative estimate of drug-likeness (QED) is 0.580. The largest absolute Gasteiger partial charge is 0.478 e. The van der Waals surface area contributed by atoms with E-state index in [1.165, 1.54) is 12.1 Å². The number of benzene rings is 1. The van der Waals surface area contributed by atoms with Crippen molar-refractivity contribution in [1.29, 1.82) is 0 Å². The average Bonchev–Trinajstić information content (AvgIpc) is 2.35. The summed E-state index contributed by atoms with van der Waals surface area (Å²) < 4.78 is 0. The van der Waals surface area contributed by atoms with E-state index in [-0.39, 0.29) is 17.2 Å². The molecule has 1 unspecified atom stereocenters. The van der Waals surface area contributed by atoms with Gasteiger partial charge in [-0.15, -0.1) is 0 Å². The van der Waals surface area contributed by atoms with E-state index in [9.17, 15) is 9.59 Å². The van der Waals surface area contributed by atoms with Crippen molar-refractivity contribution in [3.63, 3.8) is 0 Å². The Balaban J connectivity index is 2.69. The van der Waals surface area contributed by atoms with E-state index in [1.54, 1.807) is 13.0 Å². The lowest BCUT2D eigenvalue weighted by Gasteiger charge is -2.15. The smallest absolute Gasteiger partial charge is 0.337 e. The molecule has 0 radical (unpaired) electrons. The summed E-state index contributed by atoms with van der Waals surface area (Å²) in [7, 11) is 0. The first kappa shape index (κ1) is 14.8. The molecule has 1 rings (SSSR count).